The largest absolute Gasteiger partial charge is 0.339 e. The van der Waals surface area contributed by atoms with Crippen molar-refractivity contribution in [3.8, 4) is 0 Å². The van der Waals surface area contributed by atoms with Gasteiger partial charge in [0.1, 0.15) is 0 Å². The summed E-state index contributed by atoms with van der Waals surface area (Å²) in [7, 11) is 0. The highest BCUT2D eigenvalue weighted by Gasteiger charge is 2.21. The van der Waals surface area contributed by atoms with Gasteiger partial charge in [0.05, 0.1) is 5.92 Å². The number of hydrogen-bond donors (Lipinski definition) is 1. The van der Waals surface area contributed by atoms with Gasteiger partial charge >= 0.3 is 0 Å². The first kappa shape index (κ1) is 4.21. The molecule has 0 saturated carbocycles. The average Bonchev–Trinajstić information content (AvgIpc) is 2.73. The van der Waals surface area contributed by atoms with Crippen molar-refractivity contribution in [2.45, 2.75) is 19.2 Å². The van der Waals surface area contributed by atoms with E-state index in [0.29, 0.717) is 5.89 Å². The molecule has 1 fully saturated rings. The van der Waals surface area contributed by atoms with Gasteiger partial charge in [0, 0.05) is 10.7 Å². The quantitative estimate of drug-likeness (QED) is 0.641. The Kier molecular flexibility index (Phi) is 1.00. The molecule has 4 heteroatoms. The van der Waals surface area contributed by atoms with E-state index in [1.54, 1.807) is 0 Å². The van der Waals surface area contributed by atoms with Crippen molar-refractivity contribution in [2.75, 3.05) is 13.1 Å². The number of hydrogen-bond acceptors (Lipinski definition) is 4. The maximum Gasteiger partial charge on any atom is 0.231 e. The first-order valence-corrected chi connectivity index (χ1v) is 3.62. The summed E-state index contributed by atoms with van der Waals surface area (Å²) in [6.07, 6.45) is 0.919. The zero-order valence-corrected chi connectivity index (χ0v) is 6.00. The van der Waals surface area contributed by atoms with Crippen molar-refractivity contribution in [2.24, 2.45) is 0 Å². The molecule has 0 bridgehead atoms. The number of rotatable bonds is 1. The molecule has 0 aromatic carbocycles. The fourth-order valence-corrected chi connectivity index (χ4v) is 1.27. The minimum absolute atomic E-state index is 0.165. The molecule has 1 aromatic heterocycles. The molecule has 0 spiro atoms. The molecule has 0 unspecified atom stereocenters. The van der Waals surface area contributed by atoms with Crippen molar-refractivity contribution >= 4 is 0 Å². The van der Waals surface area contributed by atoms with Crippen LogP contribution in [-0.4, -0.2) is 23.2 Å². The molecule has 2 rings (SSSR count). The van der Waals surface area contributed by atoms with E-state index in [2.05, 4.69) is 15.5 Å². The van der Waals surface area contributed by atoms with Gasteiger partial charge < -0.3 is 9.84 Å². The summed E-state index contributed by atoms with van der Waals surface area (Å²) in [5.41, 5.74) is 0. The van der Waals surface area contributed by atoms with Crippen LogP contribution in [0.2, 0.25) is 0 Å². The molecule has 0 aliphatic carbocycles. The Morgan fingerprint density at radius 2 is 2.82 bits per heavy atom. The lowest BCUT2D eigenvalue weighted by Crippen LogP contribution is -2.08. The maximum atomic E-state index is 7.09. The highest BCUT2D eigenvalue weighted by molar-refractivity contribution is 4.96. The zero-order valence-electron chi connectivity index (χ0n) is 9.00. The van der Waals surface area contributed by atoms with Crippen molar-refractivity contribution in [3.63, 3.8) is 0 Å². The Balaban J connectivity index is 2.17. The molecule has 2 heterocycles. The predicted octanol–water partition coefficient (Wildman–Crippen LogP) is 0.455. The van der Waals surface area contributed by atoms with Crippen LogP contribution >= 0.6 is 0 Å². The Bertz CT molecular complexity index is 316. The summed E-state index contributed by atoms with van der Waals surface area (Å²) in [5, 5.41) is 6.61. The van der Waals surface area contributed by atoms with Crippen molar-refractivity contribution < 1.29 is 8.64 Å². The lowest BCUT2D eigenvalue weighted by molar-refractivity contribution is 0.356. The van der Waals surface area contributed by atoms with Crippen LogP contribution in [0.5, 0.6) is 0 Å². The zero-order chi connectivity index (χ0) is 10.2. The van der Waals surface area contributed by atoms with E-state index >= 15 is 0 Å². The Morgan fingerprint density at radius 1 is 1.82 bits per heavy atom. The van der Waals surface area contributed by atoms with E-state index in [1.165, 1.54) is 0 Å². The molecule has 11 heavy (non-hydrogen) atoms. The van der Waals surface area contributed by atoms with E-state index in [0.717, 1.165) is 19.5 Å². The van der Waals surface area contributed by atoms with E-state index < -0.39 is 6.85 Å². The second kappa shape index (κ2) is 2.62. The second-order valence-electron chi connectivity index (χ2n) is 2.65. The first-order chi connectivity index (χ1) is 6.57. The number of nitrogens with one attached hydrogen (secondary N) is 1. The lowest BCUT2D eigenvalue weighted by Gasteiger charge is -1.97. The molecule has 0 radical (unpaired) electrons. The SMILES string of the molecule is [2H]C([2H])([2H])c1noc([C@@H]2CCNC2)n1. The van der Waals surface area contributed by atoms with Crippen molar-refractivity contribution in [1.82, 2.24) is 15.5 Å². The second-order valence-corrected chi connectivity index (χ2v) is 2.65. The smallest absolute Gasteiger partial charge is 0.231 e. The Labute approximate surface area is 69.2 Å². The molecule has 1 atom stereocenters. The summed E-state index contributed by atoms with van der Waals surface area (Å²) in [5.74, 6) is 0.402. The monoisotopic (exact) mass is 156 g/mol. The number of nitrogens with zero attached hydrogens (tertiary/aromatic N) is 2. The lowest BCUT2D eigenvalue weighted by atomic mass is 10.1. The van der Waals surface area contributed by atoms with Crippen LogP contribution < -0.4 is 5.32 Å². The van der Waals surface area contributed by atoms with Gasteiger partial charge in [-0.3, -0.25) is 0 Å². The summed E-state index contributed by atoms with van der Waals surface area (Å²) in [6, 6.07) is 0. The van der Waals surface area contributed by atoms with Crippen LogP contribution in [0.15, 0.2) is 4.52 Å². The molecule has 4 nitrogen and oxygen atoms in total. The van der Waals surface area contributed by atoms with E-state index in [9.17, 15) is 0 Å². The van der Waals surface area contributed by atoms with Crippen LogP contribution in [0.25, 0.3) is 0 Å². The van der Waals surface area contributed by atoms with E-state index in [-0.39, 0.29) is 11.7 Å². The minimum atomic E-state index is -2.27. The highest BCUT2D eigenvalue weighted by atomic mass is 16.5. The van der Waals surface area contributed by atoms with Gasteiger partial charge in [0.2, 0.25) is 5.89 Å². The summed E-state index contributed by atoms with van der Waals surface area (Å²) >= 11 is 0. The van der Waals surface area contributed by atoms with E-state index in [1.807, 2.05) is 0 Å². The fourth-order valence-electron chi connectivity index (χ4n) is 1.27. The van der Waals surface area contributed by atoms with Crippen molar-refractivity contribution in [1.29, 1.82) is 0 Å². The summed E-state index contributed by atoms with van der Waals surface area (Å²) in [6.45, 7) is -0.577. The van der Waals surface area contributed by atoms with Gasteiger partial charge in [0.25, 0.3) is 0 Å². The Morgan fingerprint density at radius 3 is 3.45 bits per heavy atom. The molecule has 1 aliphatic heterocycles. The van der Waals surface area contributed by atoms with Gasteiger partial charge in [-0.2, -0.15) is 4.98 Å². The predicted molar refractivity (Wildman–Crippen MR) is 39.3 cm³/mol. The normalized spacial score (nSPS) is 29.5. The van der Waals surface area contributed by atoms with Crippen LogP contribution in [0.1, 0.15) is 28.2 Å². The van der Waals surface area contributed by atoms with Gasteiger partial charge in [-0.05, 0) is 19.8 Å². The van der Waals surface area contributed by atoms with Gasteiger partial charge in [-0.25, -0.2) is 0 Å². The molecule has 1 aromatic rings. The third-order valence-corrected chi connectivity index (χ3v) is 1.85. The van der Waals surface area contributed by atoms with Crippen LogP contribution in [0, 0.1) is 6.85 Å². The van der Waals surface area contributed by atoms with E-state index in [4.69, 9.17) is 8.64 Å². The molecular formula is C7H11N3O. The van der Waals surface area contributed by atoms with Crippen LogP contribution in [0.4, 0.5) is 0 Å². The third-order valence-electron chi connectivity index (χ3n) is 1.85. The summed E-state index contributed by atoms with van der Waals surface area (Å²) < 4.78 is 26.2. The summed E-state index contributed by atoms with van der Waals surface area (Å²) in [4.78, 5) is 3.88. The van der Waals surface area contributed by atoms with Gasteiger partial charge in [-0.15, -0.1) is 0 Å². The topological polar surface area (TPSA) is 51.0 Å². The van der Waals surface area contributed by atoms with Crippen LogP contribution in [0.3, 0.4) is 0 Å². The molecule has 1 N–H and O–H groups in total. The highest BCUT2D eigenvalue weighted by Crippen LogP contribution is 2.19. The fraction of sp³-hybridized carbons (Fsp3) is 0.714. The Hall–Kier alpha value is -0.900. The number of aromatic nitrogens is 2. The maximum absolute atomic E-state index is 7.09. The molecule has 0 amide bonds. The first-order valence-electron chi connectivity index (χ1n) is 5.12. The minimum Gasteiger partial charge on any atom is -0.339 e. The number of aryl methyl sites for hydroxylation is 1. The van der Waals surface area contributed by atoms with Crippen molar-refractivity contribution in [3.05, 3.63) is 11.7 Å². The molecule has 1 saturated heterocycles. The molecular weight excluding hydrogens is 142 g/mol. The third kappa shape index (κ3) is 1.26. The van der Waals surface area contributed by atoms with Crippen LogP contribution in [-0.2, 0) is 0 Å². The molecule has 1 aliphatic rings. The molecule has 60 valence electrons. The average molecular weight is 156 g/mol. The standard InChI is InChI=1S/C7H11N3O/c1-5-9-7(11-10-5)6-2-3-8-4-6/h6,8H,2-4H2,1H3/t6-/m1/s1/i1D3. The van der Waals surface area contributed by atoms with Gasteiger partial charge in [0.15, 0.2) is 5.82 Å². The van der Waals surface area contributed by atoms with Gasteiger partial charge in [-0.1, -0.05) is 5.16 Å².